The number of nitrogens with zero attached hydrogens (tertiary/aromatic N) is 2. The molecule has 1 heterocycles. The SMILES string of the molecule is CCCc1nn(C)c(N)c1-c1ccc(C)c(C)c1. The van der Waals surface area contributed by atoms with Crippen LogP contribution in [0.3, 0.4) is 0 Å². The average molecular weight is 243 g/mol. The highest BCUT2D eigenvalue weighted by Crippen LogP contribution is 2.31. The fraction of sp³-hybridized carbons (Fsp3) is 0.400. The number of hydrogen-bond acceptors (Lipinski definition) is 2. The first-order chi connectivity index (χ1) is 8.54. The highest BCUT2D eigenvalue weighted by molar-refractivity contribution is 5.77. The van der Waals surface area contributed by atoms with Gasteiger partial charge in [0.15, 0.2) is 0 Å². The fourth-order valence-electron chi connectivity index (χ4n) is 2.22. The second-order valence-electron chi connectivity index (χ2n) is 4.88. The number of nitrogens with two attached hydrogens (primary N) is 1. The van der Waals surface area contributed by atoms with E-state index in [0.717, 1.165) is 29.9 Å². The van der Waals surface area contributed by atoms with Gasteiger partial charge in [-0.25, -0.2) is 0 Å². The van der Waals surface area contributed by atoms with E-state index < -0.39 is 0 Å². The van der Waals surface area contributed by atoms with Gasteiger partial charge in [0, 0.05) is 12.6 Å². The van der Waals surface area contributed by atoms with Crippen LogP contribution < -0.4 is 5.73 Å². The minimum atomic E-state index is 0.752. The Morgan fingerprint density at radius 3 is 2.56 bits per heavy atom. The number of rotatable bonds is 3. The van der Waals surface area contributed by atoms with Gasteiger partial charge in [-0.15, -0.1) is 0 Å². The van der Waals surface area contributed by atoms with E-state index in [4.69, 9.17) is 5.73 Å². The molecule has 1 aromatic carbocycles. The first-order valence-corrected chi connectivity index (χ1v) is 6.43. The van der Waals surface area contributed by atoms with Gasteiger partial charge in [0.1, 0.15) is 5.82 Å². The number of hydrogen-bond donors (Lipinski definition) is 1. The van der Waals surface area contributed by atoms with E-state index >= 15 is 0 Å². The van der Waals surface area contributed by atoms with Crippen LogP contribution in [-0.4, -0.2) is 9.78 Å². The molecule has 0 radical (unpaired) electrons. The Hall–Kier alpha value is -1.77. The molecule has 2 aromatic rings. The summed E-state index contributed by atoms with van der Waals surface area (Å²) >= 11 is 0. The van der Waals surface area contributed by atoms with E-state index in [-0.39, 0.29) is 0 Å². The molecule has 2 rings (SSSR count). The third-order valence-corrected chi connectivity index (χ3v) is 3.45. The van der Waals surface area contributed by atoms with Crippen molar-refractivity contribution in [3.05, 3.63) is 35.0 Å². The van der Waals surface area contributed by atoms with E-state index in [2.05, 4.69) is 44.1 Å². The molecule has 3 heteroatoms. The molecular weight excluding hydrogens is 222 g/mol. The van der Waals surface area contributed by atoms with Crippen LogP contribution in [0.5, 0.6) is 0 Å². The zero-order chi connectivity index (χ0) is 13.3. The molecule has 0 atom stereocenters. The molecule has 0 saturated heterocycles. The molecule has 1 aromatic heterocycles. The molecule has 2 N–H and O–H groups in total. The molecular formula is C15H21N3. The second kappa shape index (κ2) is 4.84. The summed E-state index contributed by atoms with van der Waals surface area (Å²) in [6, 6.07) is 6.48. The molecule has 0 spiro atoms. The van der Waals surface area contributed by atoms with E-state index in [1.165, 1.54) is 16.7 Å². The van der Waals surface area contributed by atoms with Gasteiger partial charge in [-0.1, -0.05) is 31.5 Å². The first-order valence-electron chi connectivity index (χ1n) is 6.43. The molecule has 18 heavy (non-hydrogen) atoms. The van der Waals surface area contributed by atoms with Crippen LogP contribution in [0, 0.1) is 13.8 Å². The minimum absolute atomic E-state index is 0.752. The average Bonchev–Trinajstić information content (AvgIpc) is 2.60. The molecule has 0 aliphatic rings. The van der Waals surface area contributed by atoms with Crippen LogP contribution in [0.2, 0.25) is 0 Å². The zero-order valence-electron chi connectivity index (χ0n) is 11.6. The molecule has 96 valence electrons. The summed E-state index contributed by atoms with van der Waals surface area (Å²) < 4.78 is 1.77. The molecule has 0 fully saturated rings. The number of nitrogen functional groups attached to an aromatic ring is 1. The summed E-state index contributed by atoms with van der Waals surface area (Å²) in [6.45, 7) is 6.42. The lowest BCUT2D eigenvalue weighted by atomic mass is 9.99. The molecule has 0 aliphatic carbocycles. The summed E-state index contributed by atoms with van der Waals surface area (Å²) in [4.78, 5) is 0. The second-order valence-corrected chi connectivity index (χ2v) is 4.88. The third-order valence-electron chi connectivity index (χ3n) is 3.45. The van der Waals surface area contributed by atoms with Crippen LogP contribution in [-0.2, 0) is 13.5 Å². The van der Waals surface area contributed by atoms with Gasteiger partial charge in [0.2, 0.25) is 0 Å². The van der Waals surface area contributed by atoms with E-state index in [9.17, 15) is 0 Å². The molecule has 0 unspecified atom stereocenters. The van der Waals surface area contributed by atoms with Gasteiger partial charge in [-0.2, -0.15) is 5.10 Å². The van der Waals surface area contributed by atoms with Crippen LogP contribution in [0.15, 0.2) is 18.2 Å². The molecule has 0 saturated carbocycles. The van der Waals surface area contributed by atoms with Crippen LogP contribution in [0.25, 0.3) is 11.1 Å². The van der Waals surface area contributed by atoms with Crippen molar-refractivity contribution >= 4 is 5.82 Å². The van der Waals surface area contributed by atoms with Crippen molar-refractivity contribution in [2.24, 2.45) is 7.05 Å². The normalized spacial score (nSPS) is 10.9. The Morgan fingerprint density at radius 1 is 1.22 bits per heavy atom. The number of benzene rings is 1. The van der Waals surface area contributed by atoms with Crippen LogP contribution in [0.4, 0.5) is 5.82 Å². The third kappa shape index (κ3) is 2.13. The Bertz CT molecular complexity index is 567. The van der Waals surface area contributed by atoms with Crippen molar-refractivity contribution in [2.45, 2.75) is 33.6 Å². The van der Waals surface area contributed by atoms with Crippen molar-refractivity contribution in [1.82, 2.24) is 9.78 Å². The maximum atomic E-state index is 6.15. The molecule has 0 amide bonds. The molecule has 0 bridgehead atoms. The fourth-order valence-corrected chi connectivity index (χ4v) is 2.22. The van der Waals surface area contributed by atoms with Crippen molar-refractivity contribution in [3.63, 3.8) is 0 Å². The molecule has 3 nitrogen and oxygen atoms in total. The number of aryl methyl sites for hydroxylation is 4. The standard InChI is InChI=1S/C15H21N3/c1-5-6-13-14(15(16)18(4)17-13)12-8-7-10(2)11(3)9-12/h7-9H,5-6,16H2,1-4H3. The van der Waals surface area contributed by atoms with Crippen molar-refractivity contribution in [1.29, 1.82) is 0 Å². The Morgan fingerprint density at radius 2 is 1.94 bits per heavy atom. The molecule has 0 aliphatic heterocycles. The van der Waals surface area contributed by atoms with Crippen molar-refractivity contribution < 1.29 is 0 Å². The smallest absolute Gasteiger partial charge is 0.129 e. The zero-order valence-corrected chi connectivity index (χ0v) is 11.6. The van der Waals surface area contributed by atoms with Gasteiger partial charge < -0.3 is 5.73 Å². The lowest BCUT2D eigenvalue weighted by Crippen LogP contribution is -1.98. The Balaban J connectivity index is 2.58. The van der Waals surface area contributed by atoms with Gasteiger partial charge in [-0.05, 0) is 37.0 Å². The quantitative estimate of drug-likeness (QED) is 0.899. The highest BCUT2D eigenvalue weighted by Gasteiger charge is 2.15. The maximum Gasteiger partial charge on any atom is 0.129 e. The van der Waals surface area contributed by atoms with E-state index in [1.807, 2.05) is 7.05 Å². The summed E-state index contributed by atoms with van der Waals surface area (Å²) in [5.74, 6) is 0.752. The van der Waals surface area contributed by atoms with Gasteiger partial charge in [0.05, 0.1) is 5.69 Å². The summed E-state index contributed by atoms with van der Waals surface area (Å²) in [5, 5.41) is 4.52. The highest BCUT2D eigenvalue weighted by atomic mass is 15.3. The van der Waals surface area contributed by atoms with E-state index in [1.54, 1.807) is 4.68 Å². The summed E-state index contributed by atoms with van der Waals surface area (Å²) in [6.07, 6.45) is 2.04. The first kappa shape index (κ1) is 12.7. The number of anilines is 1. The lowest BCUT2D eigenvalue weighted by molar-refractivity contribution is 0.741. The van der Waals surface area contributed by atoms with Gasteiger partial charge in [-0.3, -0.25) is 4.68 Å². The predicted molar refractivity (Wildman–Crippen MR) is 76.5 cm³/mol. The Kier molecular flexibility index (Phi) is 3.41. The van der Waals surface area contributed by atoms with Crippen LogP contribution >= 0.6 is 0 Å². The van der Waals surface area contributed by atoms with Gasteiger partial charge >= 0.3 is 0 Å². The van der Waals surface area contributed by atoms with Crippen molar-refractivity contribution in [2.75, 3.05) is 5.73 Å². The van der Waals surface area contributed by atoms with Gasteiger partial charge in [0.25, 0.3) is 0 Å². The maximum absolute atomic E-state index is 6.15. The van der Waals surface area contributed by atoms with E-state index in [0.29, 0.717) is 0 Å². The topological polar surface area (TPSA) is 43.8 Å². The van der Waals surface area contributed by atoms with Crippen LogP contribution in [0.1, 0.15) is 30.2 Å². The lowest BCUT2D eigenvalue weighted by Gasteiger charge is -2.07. The summed E-state index contributed by atoms with van der Waals surface area (Å²) in [5.41, 5.74) is 12.1. The monoisotopic (exact) mass is 243 g/mol. The van der Waals surface area contributed by atoms with Crippen molar-refractivity contribution in [3.8, 4) is 11.1 Å². The largest absolute Gasteiger partial charge is 0.383 e. The summed E-state index contributed by atoms with van der Waals surface area (Å²) in [7, 11) is 1.90. The minimum Gasteiger partial charge on any atom is -0.383 e. The Labute approximate surface area is 109 Å². The number of aromatic nitrogens is 2. The predicted octanol–water partition coefficient (Wildman–Crippen LogP) is 3.24.